The first kappa shape index (κ1) is 21.8. The Hall–Kier alpha value is -3.44. The number of ether oxygens (including phenoxy) is 3. The largest absolute Gasteiger partial charge is 0.493 e. The number of aryl methyl sites for hydroxylation is 1. The Labute approximate surface area is 195 Å². The van der Waals surface area contributed by atoms with Crippen LogP contribution in [0.15, 0.2) is 58.4 Å². The van der Waals surface area contributed by atoms with Gasteiger partial charge in [0, 0.05) is 0 Å². The summed E-state index contributed by atoms with van der Waals surface area (Å²) >= 11 is 3.60. The molecule has 1 aromatic heterocycles. The van der Waals surface area contributed by atoms with Gasteiger partial charge in [0.1, 0.15) is 11.6 Å². The van der Waals surface area contributed by atoms with Crippen molar-refractivity contribution in [1.82, 2.24) is 9.78 Å². The second kappa shape index (κ2) is 8.60. The predicted octanol–water partition coefficient (Wildman–Crippen LogP) is 4.96. The highest BCUT2D eigenvalue weighted by Crippen LogP contribution is 2.48. The smallest absolute Gasteiger partial charge is 0.229 e. The molecule has 2 N–H and O–H groups in total. The molecule has 1 atom stereocenters. The van der Waals surface area contributed by atoms with Crippen LogP contribution in [0.25, 0.3) is 5.69 Å². The normalized spacial score (nSPS) is 15.2. The minimum Gasteiger partial charge on any atom is -0.493 e. The average molecular weight is 495 g/mol. The Morgan fingerprint density at radius 3 is 2.59 bits per heavy atom. The van der Waals surface area contributed by atoms with Crippen molar-refractivity contribution in [2.45, 2.75) is 32.8 Å². The van der Waals surface area contributed by atoms with Crippen molar-refractivity contribution in [1.29, 1.82) is 5.26 Å². The lowest BCUT2D eigenvalue weighted by atomic mass is 9.84. The first-order chi connectivity index (χ1) is 15.3. The van der Waals surface area contributed by atoms with Crippen molar-refractivity contribution in [2.24, 2.45) is 5.73 Å². The number of aromatic nitrogens is 2. The number of methoxy groups -OCH3 is 1. The topological polar surface area (TPSA) is 95.3 Å². The van der Waals surface area contributed by atoms with E-state index in [1.54, 1.807) is 11.8 Å². The third kappa shape index (κ3) is 3.69. The van der Waals surface area contributed by atoms with Gasteiger partial charge >= 0.3 is 0 Å². The monoisotopic (exact) mass is 494 g/mol. The molecule has 164 valence electrons. The first-order valence-electron chi connectivity index (χ1n) is 10.1. The quantitative estimate of drug-likeness (QED) is 0.538. The molecule has 0 spiro atoms. The van der Waals surface area contributed by atoms with Gasteiger partial charge in [-0.15, -0.1) is 0 Å². The molecule has 0 fully saturated rings. The summed E-state index contributed by atoms with van der Waals surface area (Å²) in [6.45, 7) is 5.79. The Morgan fingerprint density at radius 2 is 1.97 bits per heavy atom. The minimum atomic E-state index is -0.473. The molecular formula is C24H23BrN4O3. The van der Waals surface area contributed by atoms with Crippen molar-refractivity contribution < 1.29 is 14.2 Å². The summed E-state index contributed by atoms with van der Waals surface area (Å²) < 4.78 is 19.9. The lowest BCUT2D eigenvalue weighted by Gasteiger charge is -2.26. The number of nitrogens with two attached hydrogens (primary N) is 1. The molecule has 0 aliphatic carbocycles. The van der Waals surface area contributed by atoms with E-state index < -0.39 is 5.92 Å². The molecular weight excluding hydrogens is 472 g/mol. The number of nitriles is 1. The zero-order valence-corrected chi connectivity index (χ0v) is 19.8. The molecule has 32 heavy (non-hydrogen) atoms. The van der Waals surface area contributed by atoms with E-state index in [1.807, 2.05) is 63.2 Å². The van der Waals surface area contributed by atoms with E-state index in [2.05, 4.69) is 22.0 Å². The molecule has 0 bridgehead atoms. The number of fused-ring (bicyclic) bond motifs is 1. The molecule has 1 unspecified atom stereocenters. The summed E-state index contributed by atoms with van der Waals surface area (Å²) in [6, 6.07) is 15.7. The van der Waals surface area contributed by atoms with Crippen LogP contribution in [0.2, 0.25) is 0 Å². The maximum absolute atomic E-state index is 9.94. The van der Waals surface area contributed by atoms with Crippen LogP contribution < -0.4 is 19.9 Å². The molecule has 2 aromatic carbocycles. The summed E-state index contributed by atoms with van der Waals surface area (Å²) in [6.07, 6.45) is -0.0303. The number of benzene rings is 2. The first-order valence-corrected chi connectivity index (χ1v) is 10.9. The number of nitrogens with zero attached hydrogens (tertiary/aromatic N) is 3. The van der Waals surface area contributed by atoms with Crippen LogP contribution in [-0.2, 0) is 0 Å². The van der Waals surface area contributed by atoms with Crippen LogP contribution >= 0.6 is 15.9 Å². The van der Waals surface area contributed by atoms with Gasteiger partial charge in [-0.3, -0.25) is 0 Å². The van der Waals surface area contributed by atoms with Crippen molar-refractivity contribution in [2.75, 3.05) is 7.11 Å². The highest BCUT2D eigenvalue weighted by atomic mass is 79.9. The molecule has 0 saturated heterocycles. The van der Waals surface area contributed by atoms with Crippen molar-refractivity contribution in [3.8, 4) is 29.1 Å². The summed E-state index contributed by atoms with van der Waals surface area (Å²) in [5.74, 6) is 1.23. The maximum Gasteiger partial charge on any atom is 0.229 e. The van der Waals surface area contributed by atoms with Gasteiger partial charge in [-0.25, -0.2) is 4.68 Å². The molecule has 0 radical (unpaired) electrons. The molecule has 1 aliphatic heterocycles. The molecule has 2 heterocycles. The van der Waals surface area contributed by atoms with Gasteiger partial charge in [0.15, 0.2) is 11.5 Å². The number of halogens is 1. The van der Waals surface area contributed by atoms with Crippen LogP contribution in [0.3, 0.4) is 0 Å². The molecule has 8 heteroatoms. The molecule has 3 aromatic rings. The van der Waals surface area contributed by atoms with Crippen LogP contribution in [0.5, 0.6) is 17.4 Å². The van der Waals surface area contributed by atoms with E-state index in [9.17, 15) is 5.26 Å². The van der Waals surface area contributed by atoms with Crippen molar-refractivity contribution >= 4 is 15.9 Å². The fourth-order valence-electron chi connectivity index (χ4n) is 3.85. The summed E-state index contributed by atoms with van der Waals surface area (Å²) in [4.78, 5) is 0. The highest BCUT2D eigenvalue weighted by molar-refractivity contribution is 9.10. The third-order valence-corrected chi connectivity index (χ3v) is 5.76. The van der Waals surface area contributed by atoms with Crippen molar-refractivity contribution in [3.63, 3.8) is 0 Å². The van der Waals surface area contributed by atoms with Gasteiger partial charge in [0.05, 0.1) is 40.5 Å². The number of hydrogen-bond donors (Lipinski definition) is 1. The lowest BCUT2D eigenvalue weighted by Crippen LogP contribution is -2.22. The van der Waals surface area contributed by atoms with Crippen LogP contribution in [0, 0.1) is 18.3 Å². The van der Waals surface area contributed by atoms with Gasteiger partial charge in [0.2, 0.25) is 11.8 Å². The number of rotatable bonds is 5. The summed E-state index contributed by atoms with van der Waals surface area (Å²) in [5, 5.41) is 14.6. The fourth-order valence-corrected chi connectivity index (χ4v) is 4.40. The Kier molecular flexibility index (Phi) is 5.85. The zero-order valence-electron chi connectivity index (χ0n) is 18.2. The van der Waals surface area contributed by atoms with Crippen molar-refractivity contribution in [3.05, 3.63) is 75.2 Å². The van der Waals surface area contributed by atoms with Gasteiger partial charge in [-0.2, -0.15) is 10.4 Å². The van der Waals surface area contributed by atoms with Crippen LogP contribution in [-0.4, -0.2) is 23.0 Å². The van der Waals surface area contributed by atoms with E-state index in [0.717, 1.165) is 27.0 Å². The Morgan fingerprint density at radius 1 is 1.25 bits per heavy atom. The Balaban J connectivity index is 1.93. The minimum absolute atomic E-state index is 0.0303. The molecule has 7 nitrogen and oxygen atoms in total. The van der Waals surface area contributed by atoms with Gasteiger partial charge < -0.3 is 19.9 Å². The third-order valence-electron chi connectivity index (χ3n) is 5.17. The maximum atomic E-state index is 9.94. The zero-order chi connectivity index (χ0) is 23.0. The van der Waals surface area contributed by atoms with E-state index >= 15 is 0 Å². The van der Waals surface area contributed by atoms with Gasteiger partial charge in [-0.05, 0) is 66.5 Å². The summed E-state index contributed by atoms with van der Waals surface area (Å²) in [7, 11) is 1.59. The van der Waals surface area contributed by atoms with Gasteiger partial charge in [0.25, 0.3) is 0 Å². The molecule has 0 saturated carbocycles. The predicted molar refractivity (Wildman–Crippen MR) is 124 cm³/mol. The number of allylic oxidation sites excluding steroid dienone is 1. The standard InChI is InChI=1S/C24H23BrN4O3/c1-13(2)31-22-18(25)10-15(11-19(22)30-4)21-17(12-26)23(27)32-24-20(21)14(3)28-29(24)16-8-6-5-7-9-16/h5-11,13,21H,27H2,1-4H3. The second-order valence-electron chi connectivity index (χ2n) is 7.68. The molecule has 0 amide bonds. The fraction of sp³-hybridized carbons (Fsp3) is 0.250. The SMILES string of the molecule is COc1cc(C2C(C#N)=C(N)Oc3c2c(C)nn3-c2ccccc2)cc(Br)c1OC(C)C. The molecule has 1 aliphatic rings. The average Bonchev–Trinajstić information content (AvgIpc) is 3.10. The second-order valence-corrected chi connectivity index (χ2v) is 8.53. The number of para-hydroxylation sites is 1. The van der Waals surface area contributed by atoms with Gasteiger partial charge in [-0.1, -0.05) is 18.2 Å². The Bertz CT molecular complexity index is 1240. The van der Waals surface area contributed by atoms with E-state index in [4.69, 9.17) is 25.0 Å². The van der Waals surface area contributed by atoms with E-state index in [1.165, 1.54) is 0 Å². The summed E-state index contributed by atoms with van der Waals surface area (Å²) in [5.41, 5.74) is 9.71. The van der Waals surface area contributed by atoms with E-state index in [-0.39, 0.29) is 12.0 Å². The van der Waals surface area contributed by atoms with Crippen LogP contribution in [0.1, 0.15) is 36.6 Å². The van der Waals surface area contributed by atoms with Crippen LogP contribution in [0.4, 0.5) is 0 Å². The molecule has 4 rings (SSSR count). The lowest BCUT2D eigenvalue weighted by molar-refractivity contribution is 0.228. The number of hydrogen-bond acceptors (Lipinski definition) is 6. The van der Waals surface area contributed by atoms with E-state index in [0.29, 0.717) is 23.0 Å². The highest BCUT2D eigenvalue weighted by Gasteiger charge is 2.37.